The minimum Gasteiger partial charge on any atom is -0.331 e. The highest BCUT2D eigenvalue weighted by molar-refractivity contribution is 5.92. The van der Waals surface area contributed by atoms with Crippen LogP contribution in [-0.4, -0.2) is 61.4 Å². The first-order chi connectivity index (χ1) is 11.7. The summed E-state index contributed by atoms with van der Waals surface area (Å²) >= 11 is 0. The van der Waals surface area contributed by atoms with Gasteiger partial charge in [-0.3, -0.25) is 14.2 Å². The van der Waals surface area contributed by atoms with Crippen molar-refractivity contribution in [3.63, 3.8) is 0 Å². The number of amides is 1. The summed E-state index contributed by atoms with van der Waals surface area (Å²) in [6, 6.07) is 3.81. The van der Waals surface area contributed by atoms with E-state index in [9.17, 15) is 4.79 Å². The van der Waals surface area contributed by atoms with Gasteiger partial charge in [-0.05, 0) is 38.1 Å². The van der Waals surface area contributed by atoms with Crippen LogP contribution < -0.4 is 0 Å². The highest BCUT2D eigenvalue weighted by atomic mass is 16.2. The lowest BCUT2D eigenvalue weighted by Gasteiger charge is -2.27. The molecule has 2 aromatic heterocycles. The van der Waals surface area contributed by atoms with Gasteiger partial charge in [0.05, 0.1) is 12.2 Å². The molecule has 0 saturated carbocycles. The van der Waals surface area contributed by atoms with E-state index in [1.54, 1.807) is 16.9 Å². The number of hydrogen-bond donors (Lipinski definition) is 0. The van der Waals surface area contributed by atoms with Crippen LogP contribution in [0.3, 0.4) is 0 Å². The Balaban J connectivity index is 1.57. The minimum atomic E-state index is 0.0519. The molecule has 0 radical (unpaired) electrons. The number of rotatable bonds is 3. The maximum atomic E-state index is 13.0. The summed E-state index contributed by atoms with van der Waals surface area (Å²) in [5.41, 5.74) is 1.75. The van der Waals surface area contributed by atoms with Crippen molar-refractivity contribution in [2.75, 3.05) is 26.2 Å². The van der Waals surface area contributed by atoms with Crippen molar-refractivity contribution in [1.29, 1.82) is 0 Å². The summed E-state index contributed by atoms with van der Waals surface area (Å²) in [6.45, 7) is 5.66. The Morgan fingerprint density at radius 2 is 1.96 bits per heavy atom. The highest BCUT2D eigenvalue weighted by Crippen LogP contribution is 2.20. The number of nitrogens with zero attached hydrogens (tertiary/aromatic N) is 6. The van der Waals surface area contributed by atoms with Gasteiger partial charge in [-0.1, -0.05) is 0 Å². The summed E-state index contributed by atoms with van der Waals surface area (Å²) < 4.78 is 3.72. The monoisotopic (exact) mass is 328 g/mol. The van der Waals surface area contributed by atoms with E-state index in [2.05, 4.69) is 19.8 Å². The normalized spacial score (nSPS) is 21.7. The van der Waals surface area contributed by atoms with Crippen LogP contribution in [0, 0.1) is 5.92 Å². The third-order valence-corrected chi connectivity index (χ3v) is 5.11. The number of fused-ring (bicyclic) bond motifs is 1. The zero-order valence-corrected chi connectivity index (χ0v) is 14.1. The van der Waals surface area contributed by atoms with Gasteiger partial charge in [-0.15, -0.1) is 0 Å². The summed E-state index contributed by atoms with van der Waals surface area (Å²) in [4.78, 5) is 17.4. The molecule has 1 saturated heterocycles. The average Bonchev–Trinajstić information content (AvgIpc) is 3.28. The molecule has 1 amide bonds. The largest absolute Gasteiger partial charge is 0.331 e. The van der Waals surface area contributed by atoms with Crippen molar-refractivity contribution in [3.8, 4) is 0 Å². The van der Waals surface area contributed by atoms with Crippen molar-refractivity contribution in [1.82, 2.24) is 29.4 Å². The number of hydrogen-bond acceptors (Lipinski definition) is 4. The summed E-state index contributed by atoms with van der Waals surface area (Å²) in [5, 5.41) is 8.59. The number of carbonyl (C=O) groups excluding carboxylic acids is 1. The molecule has 1 fully saturated rings. The van der Waals surface area contributed by atoms with E-state index in [4.69, 9.17) is 0 Å². The SMILES string of the molecule is Cn1nccc1C(=O)N1Cc2ccnn2CC(CN2CCCC2)C1. The van der Waals surface area contributed by atoms with Crippen LogP contribution in [0.15, 0.2) is 24.5 Å². The first kappa shape index (κ1) is 15.4. The third kappa shape index (κ3) is 2.96. The molecule has 24 heavy (non-hydrogen) atoms. The molecule has 0 aromatic carbocycles. The molecule has 2 aliphatic heterocycles. The van der Waals surface area contributed by atoms with Crippen LogP contribution in [0.2, 0.25) is 0 Å². The fourth-order valence-electron chi connectivity index (χ4n) is 3.88. The molecule has 2 aliphatic rings. The number of aryl methyl sites for hydroxylation is 1. The van der Waals surface area contributed by atoms with Crippen LogP contribution in [0.4, 0.5) is 0 Å². The van der Waals surface area contributed by atoms with Gasteiger partial charge >= 0.3 is 0 Å². The summed E-state index contributed by atoms with van der Waals surface area (Å²) in [7, 11) is 1.82. The first-order valence-electron chi connectivity index (χ1n) is 8.71. The van der Waals surface area contributed by atoms with Gasteiger partial charge in [-0.2, -0.15) is 10.2 Å². The zero-order valence-electron chi connectivity index (χ0n) is 14.1. The van der Waals surface area contributed by atoms with Crippen molar-refractivity contribution < 1.29 is 4.79 Å². The van der Waals surface area contributed by atoms with Crippen LogP contribution in [-0.2, 0) is 20.1 Å². The van der Waals surface area contributed by atoms with Gasteiger partial charge in [-0.25, -0.2) is 0 Å². The molecule has 0 N–H and O–H groups in total. The van der Waals surface area contributed by atoms with Gasteiger partial charge in [0.1, 0.15) is 5.69 Å². The highest BCUT2D eigenvalue weighted by Gasteiger charge is 2.29. The van der Waals surface area contributed by atoms with Crippen LogP contribution in [0.1, 0.15) is 29.0 Å². The molecule has 0 bridgehead atoms. The topological polar surface area (TPSA) is 59.2 Å². The Morgan fingerprint density at radius 1 is 1.17 bits per heavy atom. The second-order valence-corrected chi connectivity index (χ2v) is 6.90. The molecule has 1 atom stereocenters. The van der Waals surface area contributed by atoms with Crippen LogP contribution in [0.25, 0.3) is 0 Å². The standard InChI is InChI=1S/C17H24N6O/c1-20-16(5-7-18-20)17(24)22-11-14(10-21-8-2-3-9-21)12-23-15(13-22)4-6-19-23/h4-7,14H,2-3,8-13H2,1H3. The quantitative estimate of drug-likeness (QED) is 0.843. The first-order valence-corrected chi connectivity index (χ1v) is 8.71. The van der Waals surface area contributed by atoms with E-state index in [1.165, 1.54) is 25.9 Å². The van der Waals surface area contributed by atoms with E-state index in [1.807, 2.05) is 24.2 Å². The molecular weight excluding hydrogens is 304 g/mol. The molecule has 7 heteroatoms. The lowest BCUT2D eigenvalue weighted by atomic mass is 10.1. The lowest BCUT2D eigenvalue weighted by Crippen LogP contribution is -2.39. The van der Waals surface area contributed by atoms with Crippen molar-refractivity contribution in [2.24, 2.45) is 13.0 Å². The molecule has 4 heterocycles. The number of likely N-dealkylation sites (tertiary alicyclic amines) is 1. The van der Waals surface area contributed by atoms with E-state index < -0.39 is 0 Å². The maximum Gasteiger partial charge on any atom is 0.272 e. The van der Waals surface area contributed by atoms with Crippen molar-refractivity contribution in [3.05, 3.63) is 35.9 Å². The molecule has 0 spiro atoms. The maximum absolute atomic E-state index is 13.0. The molecule has 4 rings (SSSR count). The Hall–Kier alpha value is -2.15. The average molecular weight is 328 g/mol. The van der Waals surface area contributed by atoms with Crippen molar-refractivity contribution in [2.45, 2.75) is 25.9 Å². The minimum absolute atomic E-state index is 0.0519. The molecule has 7 nitrogen and oxygen atoms in total. The van der Waals surface area contributed by atoms with Gasteiger partial charge in [0.2, 0.25) is 0 Å². The Morgan fingerprint density at radius 3 is 2.71 bits per heavy atom. The van der Waals surface area contributed by atoms with Gasteiger partial charge in [0.15, 0.2) is 0 Å². The summed E-state index contributed by atoms with van der Waals surface area (Å²) in [5.74, 6) is 0.456. The molecule has 0 aliphatic carbocycles. The van der Waals surface area contributed by atoms with E-state index in [-0.39, 0.29) is 5.91 Å². The second kappa shape index (κ2) is 6.39. The zero-order chi connectivity index (χ0) is 16.5. The number of carbonyl (C=O) groups is 1. The Kier molecular flexibility index (Phi) is 4.10. The van der Waals surface area contributed by atoms with Gasteiger partial charge in [0.25, 0.3) is 5.91 Å². The van der Waals surface area contributed by atoms with Crippen LogP contribution in [0.5, 0.6) is 0 Å². The second-order valence-electron chi connectivity index (χ2n) is 6.90. The predicted molar refractivity (Wildman–Crippen MR) is 89.3 cm³/mol. The molecule has 128 valence electrons. The van der Waals surface area contributed by atoms with Crippen molar-refractivity contribution >= 4 is 5.91 Å². The number of aromatic nitrogens is 4. The van der Waals surface area contributed by atoms with Gasteiger partial charge in [0, 0.05) is 45.0 Å². The van der Waals surface area contributed by atoms with E-state index in [0.717, 1.165) is 25.3 Å². The fourth-order valence-corrected chi connectivity index (χ4v) is 3.88. The Labute approximate surface area is 141 Å². The van der Waals surface area contributed by atoms with Gasteiger partial charge < -0.3 is 9.80 Å². The lowest BCUT2D eigenvalue weighted by molar-refractivity contribution is 0.0697. The molecule has 1 unspecified atom stereocenters. The van der Waals surface area contributed by atoms with E-state index >= 15 is 0 Å². The molecular formula is C17H24N6O. The van der Waals surface area contributed by atoms with E-state index in [0.29, 0.717) is 18.2 Å². The fraction of sp³-hybridized carbons (Fsp3) is 0.588. The Bertz CT molecular complexity index is 714. The predicted octanol–water partition coefficient (Wildman–Crippen LogP) is 0.985. The summed E-state index contributed by atoms with van der Waals surface area (Å²) in [6.07, 6.45) is 6.09. The molecule has 2 aromatic rings. The van der Waals surface area contributed by atoms with Crippen LogP contribution >= 0.6 is 0 Å². The third-order valence-electron chi connectivity index (χ3n) is 5.11. The smallest absolute Gasteiger partial charge is 0.272 e.